The minimum absolute atomic E-state index is 0.313. The van der Waals surface area contributed by atoms with Crippen molar-refractivity contribution in [2.75, 3.05) is 18.0 Å². The average molecular weight is 387 g/mol. The third-order valence-electron chi connectivity index (χ3n) is 7.17. The van der Waals surface area contributed by atoms with Crippen molar-refractivity contribution in [3.05, 3.63) is 28.8 Å². The first-order chi connectivity index (χ1) is 13.3. The van der Waals surface area contributed by atoms with E-state index in [-0.39, 0.29) is 0 Å². The molecule has 0 spiro atoms. The first-order valence-corrected chi connectivity index (χ1v) is 11.4. The number of nitrogens with one attached hydrogen (secondary N) is 2. The summed E-state index contributed by atoms with van der Waals surface area (Å²) in [5.74, 6) is 1.20. The van der Waals surface area contributed by atoms with Gasteiger partial charge >= 0.3 is 0 Å². The molecule has 1 aromatic carbocycles. The molecule has 28 heavy (non-hydrogen) atoms. The number of hydrogen-bond acceptors (Lipinski definition) is 4. The molecule has 4 nitrogen and oxygen atoms in total. The minimum atomic E-state index is 0.313. The van der Waals surface area contributed by atoms with Crippen LogP contribution in [0.1, 0.15) is 64.2 Å². The van der Waals surface area contributed by atoms with Crippen LogP contribution in [0.3, 0.4) is 0 Å². The van der Waals surface area contributed by atoms with Gasteiger partial charge in [0.2, 0.25) is 0 Å². The highest BCUT2D eigenvalue weighted by molar-refractivity contribution is 5.62. The molecule has 0 saturated carbocycles. The van der Waals surface area contributed by atoms with Crippen molar-refractivity contribution in [2.45, 2.75) is 92.8 Å². The van der Waals surface area contributed by atoms with E-state index in [2.05, 4.69) is 88.0 Å². The van der Waals surface area contributed by atoms with Crippen molar-refractivity contribution in [1.82, 2.24) is 15.5 Å². The van der Waals surface area contributed by atoms with E-state index in [1.807, 2.05) is 0 Å². The van der Waals surface area contributed by atoms with Crippen molar-refractivity contribution in [3.63, 3.8) is 0 Å². The molecule has 2 heterocycles. The maximum absolute atomic E-state index is 3.91. The van der Waals surface area contributed by atoms with E-state index in [0.717, 1.165) is 6.54 Å². The fourth-order valence-corrected chi connectivity index (χ4v) is 5.75. The Kier molecular flexibility index (Phi) is 6.73. The van der Waals surface area contributed by atoms with E-state index in [1.54, 1.807) is 0 Å². The number of nitrogens with zero attached hydrogens (tertiary/aromatic N) is 2. The van der Waals surface area contributed by atoms with Crippen LogP contribution in [0.4, 0.5) is 5.69 Å². The summed E-state index contributed by atoms with van der Waals surface area (Å²) in [6.45, 7) is 20.8. The van der Waals surface area contributed by atoms with E-state index in [1.165, 1.54) is 41.8 Å². The van der Waals surface area contributed by atoms with Gasteiger partial charge in [0.05, 0.1) is 18.5 Å². The van der Waals surface area contributed by atoms with Crippen LogP contribution in [-0.2, 0) is 0 Å². The van der Waals surface area contributed by atoms with Crippen LogP contribution >= 0.6 is 0 Å². The Morgan fingerprint density at radius 1 is 1.00 bits per heavy atom. The van der Waals surface area contributed by atoms with E-state index in [9.17, 15) is 0 Å². The zero-order valence-corrected chi connectivity index (χ0v) is 19.3. The predicted molar refractivity (Wildman–Crippen MR) is 121 cm³/mol. The summed E-state index contributed by atoms with van der Waals surface area (Å²) in [4.78, 5) is 5.39. The molecule has 2 aliphatic heterocycles. The molecule has 3 rings (SSSR count). The molecule has 0 radical (unpaired) electrons. The molecule has 2 fully saturated rings. The van der Waals surface area contributed by atoms with Gasteiger partial charge in [-0.25, -0.2) is 0 Å². The quantitative estimate of drug-likeness (QED) is 0.759. The predicted octanol–water partition coefficient (Wildman–Crippen LogP) is 4.39. The van der Waals surface area contributed by atoms with E-state index >= 15 is 0 Å². The normalized spacial score (nSPS) is 32.8. The Morgan fingerprint density at radius 2 is 1.64 bits per heavy atom. The average Bonchev–Trinajstić information content (AvgIpc) is 2.86. The highest BCUT2D eigenvalue weighted by Gasteiger charge is 2.52. The van der Waals surface area contributed by atoms with E-state index < -0.39 is 0 Å². The van der Waals surface area contributed by atoms with Gasteiger partial charge in [-0.1, -0.05) is 44.9 Å². The summed E-state index contributed by atoms with van der Waals surface area (Å²) in [6.07, 6.45) is 3.65. The molecular formula is C24H42N4. The van der Waals surface area contributed by atoms with Crippen LogP contribution in [0.15, 0.2) is 12.1 Å². The molecule has 0 bridgehead atoms. The number of aryl methyl sites for hydroxylation is 3. The van der Waals surface area contributed by atoms with Crippen molar-refractivity contribution in [1.29, 1.82) is 0 Å². The van der Waals surface area contributed by atoms with Crippen LogP contribution in [0.5, 0.6) is 0 Å². The van der Waals surface area contributed by atoms with Crippen molar-refractivity contribution in [3.8, 4) is 0 Å². The second kappa shape index (κ2) is 8.73. The van der Waals surface area contributed by atoms with Crippen LogP contribution in [0.25, 0.3) is 0 Å². The number of fused-ring (bicyclic) bond motifs is 1. The Hall–Kier alpha value is -1.10. The summed E-state index contributed by atoms with van der Waals surface area (Å²) in [7, 11) is 0. The Labute approximate surface area is 173 Å². The fourth-order valence-electron chi connectivity index (χ4n) is 5.75. The second-order valence-corrected chi connectivity index (χ2v) is 9.26. The fraction of sp³-hybridized carbons (Fsp3) is 0.750. The summed E-state index contributed by atoms with van der Waals surface area (Å²) in [6, 6.07) is 5.20. The maximum Gasteiger partial charge on any atom is 0.0870 e. The molecule has 2 aliphatic rings. The molecule has 2 N–H and O–H groups in total. The third-order valence-corrected chi connectivity index (χ3v) is 7.17. The van der Waals surface area contributed by atoms with Crippen molar-refractivity contribution in [2.24, 2.45) is 11.8 Å². The number of rotatable bonds is 6. The lowest BCUT2D eigenvalue weighted by atomic mass is 9.86. The summed E-state index contributed by atoms with van der Waals surface area (Å²) >= 11 is 0. The molecule has 158 valence electrons. The second-order valence-electron chi connectivity index (χ2n) is 9.26. The molecule has 2 saturated heterocycles. The Balaban J connectivity index is 1.99. The minimum Gasteiger partial charge on any atom is -0.352 e. The summed E-state index contributed by atoms with van der Waals surface area (Å²) in [5, 5.41) is 7.81. The Morgan fingerprint density at radius 3 is 2.21 bits per heavy atom. The van der Waals surface area contributed by atoms with Crippen LogP contribution in [-0.4, -0.2) is 42.5 Å². The standard InChI is InChI=1S/C24H42N4/c1-9-11-12-27(10-2)23-21-18(6)19(7)28(24(21)26-20(8)25-23)22-16(4)13-15(3)14-17(22)5/h13-14,18-21,23-26H,9-12H2,1-8H3. The largest absolute Gasteiger partial charge is 0.352 e. The number of benzene rings is 1. The molecule has 6 unspecified atom stereocenters. The summed E-state index contributed by atoms with van der Waals surface area (Å²) in [5.41, 5.74) is 5.60. The molecular weight excluding hydrogens is 344 g/mol. The Bertz CT molecular complexity index is 650. The molecule has 6 atom stereocenters. The van der Waals surface area contributed by atoms with Crippen LogP contribution in [0, 0.1) is 32.6 Å². The number of anilines is 1. The van der Waals surface area contributed by atoms with Crippen LogP contribution in [0.2, 0.25) is 0 Å². The van der Waals surface area contributed by atoms with Gasteiger partial charge in [-0.2, -0.15) is 0 Å². The highest BCUT2D eigenvalue weighted by Crippen LogP contribution is 2.44. The topological polar surface area (TPSA) is 30.5 Å². The lowest BCUT2D eigenvalue weighted by Gasteiger charge is -2.47. The van der Waals surface area contributed by atoms with Gasteiger partial charge in [-0.3, -0.25) is 15.5 Å². The number of hydrogen-bond donors (Lipinski definition) is 2. The lowest BCUT2D eigenvalue weighted by Crippen LogP contribution is -2.69. The van der Waals surface area contributed by atoms with Gasteiger partial charge in [0.1, 0.15) is 0 Å². The highest BCUT2D eigenvalue weighted by atomic mass is 15.4. The SMILES string of the molecule is CCCCN(CC)C1NC(C)NC2C1C(C)C(C)N2c1c(C)cc(C)cc1C. The zero-order valence-electron chi connectivity index (χ0n) is 19.3. The number of unbranched alkanes of at least 4 members (excludes halogenated alkanes) is 1. The van der Waals surface area contributed by atoms with Gasteiger partial charge in [0.25, 0.3) is 0 Å². The molecule has 0 aromatic heterocycles. The first kappa shape index (κ1) is 21.6. The lowest BCUT2D eigenvalue weighted by molar-refractivity contribution is 0.0381. The van der Waals surface area contributed by atoms with E-state index in [4.69, 9.17) is 0 Å². The molecule has 4 heteroatoms. The maximum atomic E-state index is 3.91. The van der Waals surface area contributed by atoms with Gasteiger partial charge < -0.3 is 4.90 Å². The van der Waals surface area contributed by atoms with Crippen molar-refractivity contribution < 1.29 is 0 Å². The molecule has 0 aliphatic carbocycles. The summed E-state index contributed by atoms with van der Waals surface area (Å²) < 4.78 is 0. The van der Waals surface area contributed by atoms with Crippen molar-refractivity contribution >= 4 is 5.69 Å². The van der Waals surface area contributed by atoms with E-state index in [0.29, 0.717) is 36.4 Å². The van der Waals surface area contributed by atoms with Gasteiger partial charge in [0.15, 0.2) is 0 Å². The smallest absolute Gasteiger partial charge is 0.0870 e. The monoisotopic (exact) mass is 386 g/mol. The van der Waals surface area contributed by atoms with Gasteiger partial charge in [-0.15, -0.1) is 0 Å². The first-order valence-electron chi connectivity index (χ1n) is 11.4. The third kappa shape index (κ3) is 3.83. The van der Waals surface area contributed by atoms with Crippen LogP contribution < -0.4 is 15.5 Å². The molecule has 0 amide bonds. The van der Waals surface area contributed by atoms with Gasteiger partial charge in [0, 0.05) is 17.6 Å². The van der Waals surface area contributed by atoms with Gasteiger partial charge in [-0.05, 0) is 71.2 Å². The zero-order chi connectivity index (χ0) is 20.6. The molecule has 1 aromatic rings.